The molecule has 0 bridgehead atoms. The second-order valence-corrected chi connectivity index (χ2v) is 6.44. The lowest BCUT2D eigenvalue weighted by Crippen LogP contribution is -2.13. The molecule has 0 unspecified atom stereocenters. The van der Waals surface area contributed by atoms with Gasteiger partial charge in [0, 0.05) is 10.6 Å². The Morgan fingerprint density at radius 3 is 2.40 bits per heavy atom. The summed E-state index contributed by atoms with van der Waals surface area (Å²) in [6, 6.07) is 25.3. The van der Waals surface area contributed by atoms with Crippen LogP contribution in [0.25, 0.3) is 0 Å². The molecule has 4 heteroatoms. The Bertz CT molecular complexity index is 849. The summed E-state index contributed by atoms with van der Waals surface area (Å²) in [7, 11) is 1.59. The number of carbonyl (C=O) groups excluding carboxylic acids is 1. The number of benzene rings is 3. The van der Waals surface area contributed by atoms with E-state index in [-0.39, 0.29) is 5.91 Å². The number of carbonyl (C=O) groups is 1. The van der Waals surface area contributed by atoms with Gasteiger partial charge in [0.2, 0.25) is 0 Å². The number of methoxy groups -OCH3 is 1. The SMILES string of the molecule is COc1ccccc1NC(=O)c1ccccc1SCc1ccccc1. The third kappa shape index (κ3) is 4.43. The van der Waals surface area contributed by atoms with Crippen molar-refractivity contribution in [3.05, 3.63) is 90.0 Å². The first-order valence-corrected chi connectivity index (χ1v) is 8.96. The van der Waals surface area contributed by atoms with Gasteiger partial charge in [-0.05, 0) is 29.8 Å². The fourth-order valence-electron chi connectivity index (χ4n) is 2.45. The smallest absolute Gasteiger partial charge is 0.256 e. The zero-order valence-corrected chi connectivity index (χ0v) is 14.8. The van der Waals surface area contributed by atoms with Gasteiger partial charge in [0.05, 0.1) is 18.4 Å². The summed E-state index contributed by atoms with van der Waals surface area (Å²) in [6.45, 7) is 0. The largest absolute Gasteiger partial charge is 0.495 e. The van der Waals surface area contributed by atoms with E-state index in [1.165, 1.54) is 5.56 Å². The van der Waals surface area contributed by atoms with Crippen molar-refractivity contribution in [2.45, 2.75) is 10.6 Å². The third-order valence-electron chi connectivity index (χ3n) is 3.72. The van der Waals surface area contributed by atoms with Crippen molar-refractivity contribution in [2.75, 3.05) is 12.4 Å². The molecule has 0 atom stereocenters. The number of rotatable bonds is 6. The average molecular weight is 349 g/mol. The van der Waals surface area contributed by atoms with E-state index in [9.17, 15) is 4.79 Å². The molecule has 3 aromatic rings. The predicted molar refractivity (Wildman–Crippen MR) is 103 cm³/mol. The Labute approximate surface area is 152 Å². The minimum absolute atomic E-state index is 0.138. The fraction of sp³-hybridized carbons (Fsp3) is 0.0952. The Hall–Kier alpha value is -2.72. The molecular formula is C21H19NO2S. The van der Waals surface area contributed by atoms with Crippen LogP contribution in [0.5, 0.6) is 5.75 Å². The second kappa shape index (κ2) is 8.40. The average Bonchev–Trinajstić information content (AvgIpc) is 2.68. The Balaban J connectivity index is 1.76. The summed E-state index contributed by atoms with van der Waals surface area (Å²) in [6.07, 6.45) is 0. The van der Waals surface area contributed by atoms with E-state index in [0.29, 0.717) is 17.0 Å². The van der Waals surface area contributed by atoms with Crippen LogP contribution >= 0.6 is 11.8 Å². The van der Waals surface area contributed by atoms with Crippen LogP contribution in [0.1, 0.15) is 15.9 Å². The van der Waals surface area contributed by atoms with Gasteiger partial charge in [-0.15, -0.1) is 11.8 Å². The molecule has 0 heterocycles. The molecule has 0 aliphatic rings. The van der Waals surface area contributed by atoms with Crippen molar-refractivity contribution in [1.82, 2.24) is 0 Å². The maximum atomic E-state index is 12.7. The van der Waals surface area contributed by atoms with Crippen LogP contribution in [0.15, 0.2) is 83.8 Å². The number of para-hydroxylation sites is 2. The Morgan fingerprint density at radius 2 is 1.60 bits per heavy atom. The van der Waals surface area contributed by atoms with Crippen LogP contribution in [-0.4, -0.2) is 13.0 Å². The molecule has 0 aliphatic carbocycles. The summed E-state index contributed by atoms with van der Waals surface area (Å²) >= 11 is 1.66. The second-order valence-electron chi connectivity index (χ2n) is 5.42. The van der Waals surface area contributed by atoms with E-state index in [4.69, 9.17) is 4.74 Å². The number of hydrogen-bond acceptors (Lipinski definition) is 3. The molecule has 3 rings (SSSR count). The number of ether oxygens (including phenoxy) is 1. The van der Waals surface area contributed by atoms with E-state index in [0.717, 1.165) is 10.6 Å². The van der Waals surface area contributed by atoms with Gasteiger partial charge >= 0.3 is 0 Å². The number of thioether (sulfide) groups is 1. The van der Waals surface area contributed by atoms with Crippen molar-refractivity contribution >= 4 is 23.4 Å². The number of nitrogens with one attached hydrogen (secondary N) is 1. The van der Waals surface area contributed by atoms with E-state index < -0.39 is 0 Å². The fourth-order valence-corrected chi connectivity index (χ4v) is 3.46. The molecule has 0 radical (unpaired) electrons. The molecule has 0 fully saturated rings. The molecule has 126 valence electrons. The first kappa shape index (κ1) is 17.1. The highest BCUT2D eigenvalue weighted by molar-refractivity contribution is 7.98. The van der Waals surface area contributed by atoms with E-state index in [2.05, 4.69) is 17.4 Å². The molecule has 1 amide bonds. The van der Waals surface area contributed by atoms with Gasteiger partial charge in [0.1, 0.15) is 5.75 Å². The highest BCUT2D eigenvalue weighted by Gasteiger charge is 2.13. The van der Waals surface area contributed by atoms with Crippen molar-refractivity contribution in [2.24, 2.45) is 0 Å². The normalized spacial score (nSPS) is 10.3. The van der Waals surface area contributed by atoms with Crippen LogP contribution in [0.4, 0.5) is 5.69 Å². The van der Waals surface area contributed by atoms with E-state index in [1.54, 1.807) is 18.9 Å². The highest BCUT2D eigenvalue weighted by Crippen LogP contribution is 2.28. The Morgan fingerprint density at radius 1 is 0.920 bits per heavy atom. The van der Waals surface area contributed by atoms with Crippen LogP contribution in [0.2, 0.25) is 0 Å². The lowest BCUT2D eigenvalue weighted by molar-refractivity contribution is 0.102. The molecule has 1 N–H and O–H groups in total. The zero-order chi connectivity index (χ0) is 17.5. The van der Waals surface area contributed by atoms with Gasteiger partial charge in [-0.3, -0.25) is 4.79 Å². The summed E-state index contributed by atoms with van der Waals surface area (Å²) in [4.78, 5) is 13.7. The van der Waals surface area contributed by atoms with Crippen LogP contribution in [-0.2, 0) is 5.75 Å². The van der Waals surface area contributed by atoms with Crippen LogP contribution in [0.3, 0.4) is 0 Å². The number of anilines is 1. The quantitative estimate of drug-likeness (QED) is 0.619. The molecular weight excluding hydrogens is 330 g/mol. The summed E-state index contributed by atoms with van der Waals surface area (Å²) in [5, 5.41) is 2.94. The predicted octanol–water partition coefficient (Wildman–Crippen LogP) is 5.24. The maximum Gasteiger partial charge on any atom is 0.256 e. The van der Waals surface area contributed by atoms with E-state index >= 15 is 0 Å². The van der Waals surface area contributed by atoms with Gasteiger partial charge in [0.15, 0.2) is 0 Å². The monoisotopic (exact) mass is 349 g/mol. The number of hydrogen-bond donors (Lipinski definition) is 1. The van der Waals surface area contributed by atoms with Gasteiger partial charge in [0.25, 0.3) is 5.91 Å². The molecule has 3 nitrogen and oxygen atoms in total. The zero-order valence-electron chi connectivity index (χ0n) is 13.9. The van der Waals surface area contributed by atoms with Crippen molar-refractivity contribution in [3.8, 4) is 5.75 Å². The molecule has 0 spiro atoms. The molecule has 0 saturated heterocycles. The van der Waals surface area contributed by atoms with Gasteiger partial charge < -0.3 is 10.1 Å². The summed E-state index contributed by atoms with van der Waals surface area (Å²) in [5.41, 5.74) is 2.56. The third-order valence-corrected chi connectivity index (χ3v) is 4.87. The van der Waals surface area contributed by atoms with Crippen molar-refractivity contribution in [1.29, 1.82) is 0 Å². The Kier molecular flexibility index (Phi) is 5.75. The molecule has 0 aromatic heterocycles. The van der Waals surface area contributed by atoms with Crippen molar-refractivity contribution in [3.63, 3.8) is 0 Å². The molecule has 0 saturated carbocycles. The molecule has 3 aromatic carbocycles. The highest BCUT2D eigenvalue weighted by atomic mass is 32.2. The van der Waals surface area contributed by atoms with Crippen LogP contribution in [0, 0.1) is 0 Å². The summed E-state index contributed by atoms with van der Waals surface area (Å²) < 4.78 is 5.30. The first-order chi connectivity index (χ1) is 12.3. The summed E-state index contributed by atoms with van der Waals surface area (Å²) in [5.74, 6) is 1.32. The first-order valence-electron chi connectivity index (χ1n) is 7.98. The van der Waals surface area contributed by atoms with E-state index in [1.807, 2.05) is 66.7 Å². The molecule has 0 aliphatic heterocycles. The lowest BCUT2D eigenvalue weighted by Gasteiger charge is -2.12. The lowest BCUT2D eigenvalue weighted by atomic mass is 10.2. The molecule has 25 heavy (non-hydrogen) atoms. The maximum absolute atomic E-state index is 12.7. The standard InChI is InChI=1S/C21H19NO2S/c1-24-19-13-7-6-12-18(19)22-21(23)17-11-5-8-14-20(17)25-15-16-9-3-2-4-10-16/h2-14H,15H2,1H3,(H,22,23). The van der Waals surface area contributed by atoms with Crippen molar-refractivity contribution < 1.29 is 9.53 Å². The minimum Gasteiger partial charge on any atom is -0.495 e. The van der Waals surface area contributed by atoms with Gasteiger partial charge in [-0.1, -0.05) is 54.6 Å². The minimum atomic E-state index is -0.138. The van der Waals surface area contributed by atoms with Gasteiger partial charge in [-0.2, -0.15) is 0 Å². The topological polar surface area (TPSA) is 38.3 Å². The van der Waals surface area contributed by atoms with Crippen LogP contribution < -0.4 is 10.1 Å². The van der Waals surface area contributed by atoms with Gasteiger partial charge in [-0.25, -0.2) is 0 Å². The number of amides is 1.